The molecule has 0 saturated heterocycles. The van der Waals surface area contributed by atoms with Crippen LogP contribution in [0.1, 0.15) is 34.1 Å². The zero-order valence-electron chi connectivity index (χ0n) is 13.5. The van der Waals surface area contributed by atoms with E-state index in [0.717, 1.165) is 24.4 Å². The van der Waals surface area contributed by atoms with Crippen molar-refractivity contribution in [2.24, 2.45) is 11.8 Å². The van der Waals surface area contributed by atoms with Crippen LogP contribution >= 0.6 is 0 Å². The molecule has 0 aromatic heterocycles. The number of carboxylic acid groups (broad SMARTS) is 1. The van der Waals surface area contributed by atoms with E-state index in [-0.39, 0.29) is 5.92 Å². The number of ether oxygens (including phenoxy) is 1. The Labute approximate surface area is 127 Å². The third-order valence-electron chi connectivity index (χ3n) is 3.19. The molecule has 0 amide bonds. The molecule has 1 rings (SSSR count). The average molecular weight is 293 g/mol. The molecule has 0 aliphatic heterocycles. The number of hydrogen-bond acceptors (Lipinski definition) is 3. The summed E-state index contributed by atoms with van der Waals surface area (Å²) in [6.45, 7) is 10.1. The largest absolute Gasteiger partial charge is 0.493 e. The van der Waals surface area contributed by atoms with Crippen molar-refractivity contribution in [3.8, 4) is 5.75 Å². The fourth-order valence-electron chi connectivity index (χ4n) is 2.02. The lowest BCUT2D eigenvalue weighted by atomic mass is 10.1. The SMILES string of the molecule is CCCN(CC(C)C(=O)O)c1ccc(OCC(C)C)cc1. The molecule has 1 unspecified atom stereocenters. The Hall–Kier alpha value is -1.71. The number of carboxylic acids is 1. The van der Waals surface area contributed by atoms with Crippen molar-refractivity contribution in [1.82, 2.24) is 0 Å². The molecule has 21 heavy (non-hydrogen) atoms. The summed E-state index contributed by atoms with van der Waals surface area (Å²) < 4.78 is 5.67. The minimum absolute atomic E-state index is 0.381. The first-order chi connectivity index (χ1) is 9.93. The standard InChI is InChI=1S/C17H27NO3/c1-5-10-18(11-14(4)17(19)20)15-6-8-16(9-7-15)21-12-13(2)3/h6-9,13-14H,5,10-12H2,1-4H3,(H,19,20). The average Bonchev–Trinajstić information content (AvgIpc) is 2.45. The zero-order valence-corrected chi connectivity index (χ0v) is 13.5. The van der Waals surface area contributed by atoms with Crippen molar-refractivity contribution in [2.75, 3.05) is 24.6 Å². The highest BCUT2D eigenvalue weighted by Crippen LogP contribution is 2.21. The summed E-state index contributed by atoms with van der Waals surface area (Å²) in [4.78, 5) is 13.1. The van der Waals surface area contributed by atoms with Crippen LogP contribution < -0.4 is 9.64 Å². The highest BCUT2D eigenvalue weighted by atomic mass is 16.5. The normalized spacial score (nSPS) is 12.2. The molecule has 4 heteroatoms. The quantitative estimate of drug-likeness (QED) is 0.755. The fourth-order valence-corrected chi connectivity index (χ4v) is 2.02. The molecule has 1 N–H and O–H groups in total. The number of rotatable bonds is 9. The summed E-state index contributed by atoms with van der Waals surface area (Å²) in [5.74, 6) is 0.217. The Balaban J connectivity index is 2.72. The molecule has 1 aromatic carbocycles. The summed E-state index contributed by atoms with van der Waals surface area (Å²) in [5, 5.41) is 9.07. The molecule has 0 spiro atoms. The topological polar surface area (TPSA) is 49.8 Å². The maximum atomic E-state index is 11.0. The highest BCUT2D eigenvalue weighted by Gasteiger charge is 2.16. The van der Waals surface area contributed by atoms with Gasteiger partial charge in [-0.25, -0.2) is 0 Å². The molecular weight excluding hydrogens is 266 g/mol. The van der Waals surface area contributed by atoms with Crippen LogP contribution in [0.3, 0.4) is 0 Å². The molecule has 118 valence electrons. The van der Waals surface area contributed by atoms with E-state index in [4.69, 9.17) is 9.84 Å². The molecule has 0 radical (unpaired) electrons. The first kappa shape index (κ1) is 17.3. The Kier molecular flexibility index (Phi) is 7.06. The van der Waals surface area contributed by atoms with E-state index in [9.17, 15) is 4.79 Å². The maximum Gasteiger partial charge on any atom is 0.308 e. The van der Waals surface area contributed by atoms with Gasteiger partial charge in [-0.05, 0) is 36.6 Å². The highest BCUT2D eigenvalue weighted by molar-refractivity contribution is 5.70. The maximum absolute atomic E-state index is 11.0. The predicted octanol–water partition coefficient (Wildman–Crippen LogP) is 3.66. The molecule has 0 heterocycles. The second-order valence-corrected chi connectivity index (χ2v) is 5.88. The number of nitrogens with zero attached hydrogens (tertiary/aromatic N) is 1. The van der Waals surface area contributed by atoms with Crippen molar-refractivity contribution in [1.29, 1.82) is 0 Å². The van der Waals surface area contributed by atoms with Crippen molar-refractivity contribution >= 4 is 11.7 Å². The Bertz CT molecular complexity index is 428. The summed E-state index contributed by atoms with van der Waals surface area (Å²) in [5.41, 5.74) is 1.04. The molecule has 0 aliphatic rings. The number of anilines is 1. The first-order valence-corrected chi connectivity index (χ1v) is 7.64. The lowest BCUT2D eigenvalue weighted by Crippen LogP contribution is -2.32. The van der Waals surface area contributed by atoms with Crippen LogP contribution in [0, 0.1) is 11.8 Å². The molecule has 0 fully saturated rings. The summed E-state index contributed by atoms with van der Waals surface area (Å²) in [7, 11) is 0. The number of carbonyl (C=O) groups is 1. The van der Waals surface area contributed by atoms with Gasteiger partial charge < -0.3 is 14.7 Å². The molecule has 0 aliphatic carbocycles. The van der Waals surface area contributed by atoms with E-state index in [1.54, 1.807) is 6.92 Å². The van der Waals surface area contributed by atoms with Gasteiger partial charge in [-0.2, -0.15) is 0 Å². The van der Waals surface area contributed by atoms with Crippen molar-refractivity contribution in [2.45, 2.75) is 34.1 Å². The van der Waals surface area contributed by atoms with Crippen LogP contribution in [-0.4, -0.2) is 30.8 Å². The minimum atomic E-state index is -0.756. The van der Waals surface area contributed by atoms with Gasteiger partial charge in [0.25, 0.3) is 0 Å². The third kappa shape index (κ3) is 6.06. The van der Waals surface area contributed by atoms with Gasteiger partial charge in [0.15, 0.2) is 0 Å². The van der Waals surface area contributed by atoms with E-state index < -0.39 is 5.97 Å². The van der Waals surface area contributed by atoms with Crippen molar-refractivity contribution in [3.05, 3.63) is 24.3 Å². The summed E-state index contributed by atoms with van der Waals surface area (Å²) in [6.07, 6.45) is 0.984. The van der Waals surface area contributed by atoms with Crippen LogP contribution in [-0.2, 0) is 4.79 Å². The van der Waals surface area contributed by atoms with Crippen LogP contribution in [0.5, 0.6) is 5.75 Å². The van der Waals surface area contributed by atoms with E-state index in [1.165, 1.54) is 0 Å². The minimum Gasteiger partial charge on any atom is -0.493 e. The van der Waals surface area contributed by atoms with E-state index >= 15 is 0 Å². The van der Waals surface area contributed by atoms with Gasteiger partial charge in [0.2, 0.25) is 0 Å². The van der Waals surface area contributed by atoms with E-state index in [0.29, 0.717) is 19.1 Å². The molecule has 4 nitrogen and oxygen atoms in total. The summed E-state index contributed by atoms with van der Waals surface area (Å²) >= 11 is 0. The Morgan fingerprint density at radius 1 is 1.24 bits per heavy atom. The molecule has 0 saturated carbocycles. The zero-order chi connectivity index (χ0) is 15.8. The number of benzene rings is 1. The molecular formula is C17H27NO3. The lowest BCUT2D eigenvalue weighted by Gasteiger charge is -2.26. The van der Waals surface area contributed by atoms with Crippen LogP contribution in [0.15, 0.2) is 24.3 Å². The first-order valence-electron chi connectivity index (χ1n) is 7.64. The van der Waals surface area contributed by atoms with E-state index in [1.807, 2.05) is 24.3 Å². The van der Waals surface area contributed by atoms with E-state index in [2.05, 4.69) is 25.7 Å². The monoisotopic (exact) mass is 293 g/mol. The second-order valence-electron chi connectivity index (χ2n) is 5.88. The van der Waals surface area contributed by atoms with Gasteiger partial charge in [0.05, 0.1) is 12.5 Å². The van der Waals surface area contributed by atoms with Gasteiger partial charge in [0.1, 0.15) is 5.75 Å². The van der Waals surface area contributed by atoms with Gasteiger partial charge >= 0.3 is 5.97 Å². The van der Waals surface area contributed by atoms with Gasteiger partial charge in [-0.1, -0.05) is 27.7 Å². The van der Waals surface area contributed by atoms with Gasteiger partial charge in [-0.15, -0.1) is 0 Å². The second kappa shape index (κ2) is 8.55. The third-order valence-corrected chi connectivity index (χ3v) is 3.19. The number of hydrogen-bond donors (Lipinski definition) is 1. The Morgan fingerprint density at radius 2 is 1.86 bits per heavy atom. The number of aliphatic carboxylic acids is 1. The van der Waals surface area contributed by atoms with Crippen molar-refractivity contribution < 1.29 is 14.6 Å². The molecule has 0 bridgehead atoms. The lowest BCUT2D eigenvalue weighted by molar-refractivity contribution is -0.140. The predicted molar refractivity (Wildman–Crippen MR) is 86.1 cm³/mol. The van der Waals surface area contributed by atoms with Crippen LogP contribution in [0.25, 0.3) is 0 Å². The Morgan fingerprint density at radius 3 is 2.33 bits per heavy atom. The van der Waals surface area contributed by atoms with Crippen molar-refractivity contribution in [3.63, 3.8) is 0 Å². The fraction of sp³-hybridized carbons (Fsp3) is 0.588. The summed E-state index contributed by atoms with van der Waals surface area (Å²) in [6, 6.07) is 7.90. The molecule has 1 atom stereocenters. The van der Waals surface area contributed by atoms with Crippen LogP contribution in [0.2, 0.25) is 0 Å². The molecule has 1 aromatic rings. The van der Waals surface area contributed by atoms with Gasteiger partial charge in [-0.3, -0.25) is 4.79 Å². The van der Waals surface area contributed by atoms with Gasteiger partial charge in [0, 0.05) is 18.8 Å². The van der Waals surface area contributed by atoms with Crippen LogP contribution in [0.4, 0.5) is 5.69 Å². The smallest absolute Gasteiger partial charge is 0.308 e.